The van der Waals surface area contributed by atoms with Crippen molar-refractivity contribution >= 4 is 0 Å². The van der Waals surface area contributed by atoms with E-state index in [0.717, 1.165) is 56.8 Å². The average molecular weight is 354 g/mol. The number of halogens is 2. The highest BCUT2D eigenvalue weighted by atomic mass is 19.3. The lowest BCUT2D eigenvalue weighted by atomic mass is 9.75. The van der Waals surface area contributed by atoms with Gasteiger partial charge in [-0.15, -0.1) is 0 Å². The van der Waals surface area contributed by atoms with Gasteiger partial charge in [-0.25, -0.2) is 0 Å². The number of allylic oxidation sites excluding steroid dienone is 3. The fourth-order valence-electron chi connectivity index (χ4n) is 4.92. The number of ether oxygens (including phenoxy) is 2. The van der Waals surface area contributed by atoms with Gasteiger partial charge < -0.3 is 9.47 Å². The summed E-state index contributed by atoms with van der Waals surface area (Å²) in [6.07, 6.45) is 12.6. The molecular formula is C21H32F2O2. The minimum absolute atomic E-state index is 0.0324. The van der Waals surface area contributed by atoms with Gasteiger partial charge in [0.1, 0.15) is 0 Å². The smallest absolute Gasteiger partial charge is 0.266 e. The van der Waals surface area contributed by atoms with Crippen LogP contribution in [0.5, 0.6) is 0 Å². The van der Waals surface area contributed by atoms with Crippen LogP contribution in [0, 0.1) is 29.6 Å². The van der Waals surface area contributed by atoms with Crippen LogP contribution in [0.15, 0.2) is 24.3 Å². The van der Waals surface area contributed by atoms with Gasteiger partial charge in [0.2, 0.25) is 0 Å². The second-order valence-corrected chi connectivity index (χ2v) is 8.13. The second-order valence-electron chi connectivity index (χ2n) is 8.13. The summed E-state index contributed by atoms with van der Waals surface area (Å²) in [4.78, 5) is 0. The SMILES string of the molecule is CC=CC1CCC(C2COC(C3CCC(C=C(F)F)CC3)OC2)CC1. The van der Waals surface area contributed by atoms with Crippen molar-refractivity contribution in [2.75, 3.05) is 13.2 Å². The minimum Gasteiger partial charge on any atom is -0.352 e. The van der Waals surface area contributed by atoms with Crippen LogP contribution in [0.1, 0.15) is 58.3 Å². The molecule has 3 rings (SSSR count). The van der Waals surface area contributed by atoms with Crippen molar-refractivity contribution in [2.45, 2.75) is 64.6 Å². The zero-order chi connectivity index (χ0) is 17.6. The maximum Gasteiger partial charge on any atom is 0.266 e. The maximum absolute atomic E-state index is 12.4. The van der Waals surface area contributed by atoms with Crippen LogP contribution in [-0.4, -0.2) is 19.5 Å². The Hall–Kier alpha value is -0.740. The van der Waals surface area contributed by atoms with E-state index < -0.39 is 6.08 Å². The zero-order valence-corrected chi connectivity index (χ0v) is 15.3. The molecule has 1 aliphatic heterocycles. The van der Waals surface area contributed by atoms with Gasteiger partial charge in [0.15, 0.2) is 6.29 Å². The highest BCUT2D eigenvalue weighted by Gasteiger charge is 2.35. The monoisotopic (exact) mass is 354 g/mol. The molecule has 3 fully saturated rings. The van der Waals surface area contributed by atoms with Crippen LogP contribution in [0.2, 0.25) is 0 Å². The molecule has 0 radical (unpaired) electrons. The molecule has 4 heteroatoms. The largest absolute Gasteiger partial charge is 0.352 e. The highest BCUT2D eigenvalue weighted by molar-refractivity contribution is 4.92. The lowest BCUT2D eigenvalue weighted by Crippen LogP contribution is -2.41. The first-order valence-corrected chi connectivity index (χ1v) is 10.0. The topological polar surface area (TPSA) is 18.5 Å². The van der Waals surface area contributed by atoms with E-state index in [9.17, 15) is 8.78 Å². The number of hydrogen-bond donors (Lipinski definition) is 0. The van der Waals surface area contributed by atoms with Crippen LogP contribution in [-0.2, 0) is 9.47 Å². The minimum atomic E-state index is -1.54. The van der Waals surface area contributed by atoms with Gasteiger partial charge in [-0.1, -0.05) is 12.2 Å². The van der Waals surface area contributed by atoms with Crippen LogP contribution in [0.25, 0.3) is 0 Å². The van der Waals surface area contributed by atoms with Crippen molar-refractivity contribution in [1.82, 2.24) is 0 Å². The summed E-state index contributed by atoms with van der Waals surface area (Å²) in [6.45, 7) is 3.72. The third-order valence-corrected chi connectivity index (χ3v) is 6.46. The normalized spacial score (nSPS) is 40.1. The molecule has 0 N–H and O–H groups in total. The number of hydrogen-bond acceptors (Lipinski definition) is 2. The quantitative estimate of drug-likeness (QED) is 0.581. The zero-order valence-electron chi connectivity index (χ0n) is 15.3. The van der Waals surface area contributed by atoms with Gasteiger partial charge >= 0.3 is 0 Å². The summed E-state index contributed by atoms with van der Waals surface area (Å²) in [5.74, 6) is 2.43. The predicted octanol–water partition coefficient (Wildman–Crippen LogP) is 5.94. The first-order valence-electron chi connectivity index (χ1n) is 10.0. The summed E-state index contributed by atoms with van der Waals surface area (Å²) >= 11 is 0. The van der Waals surface area contributed by atoms with Crippen molar-refractivity contribution < 1.29 is 18.3 Å². The predicted molar refractivity (Wildman–Crippen MR) is 95.2 cm³/mol. The van der Waals surface area contributed by atoms with E-state index in [2.05, 4.69) is 19.1 Å². The summed E-state index contributed by atoms with van der Waals surface area (Å²) in [6, 6.07) is 0. The van der Waals surface area contributed by atoms with Gasteiger partial charge in [0.25, 0.3) is 6.08 Å². The molecule has 0 bridgehead atoms. The van der Waals surface area contributed by atoms with E-state index in [1.807, 2.05) is 0 Å². The molecule has 0 atom stereocenters. The molecule has 25 heavy (non-hydrogen) atoms. The van der Waals surface area contributed by atoms with E-state index >= 15 is 0 Å². The molecule has 3 aliphatic rings. The van der Waals surface area contributed by atoms with E-state index in [0.29, 0.717) is 11.8 Å². The molecule has 1 heterocycles. The third kappa shape index (κ3) is 5.37. The lowest BCUT2D eigenvalue weighted by Gasteiger charge is -2.40. The molecule has 0 unspecified atom stereocenters. The van der Waals surface area contributed by atoms with Crippen LogP contribution in [0.4, 0.5) is 8.78 Å². The van der Waals surface area contributed by atoms with E-state index in [1.165, 1.54) is 25.7 Å². The Bertz CT molecular complexity index is 449. The van der Waals surface area contributed by atoms with E-state index in [1.54, 1.807) is 0 Å². The molecule has 2 nitrogen and oxygen atoms in total. The Kier molecular flexibility index (Phi) is 7.06. The number of rotatable bonds is 4. The lowest BCUT2D eigenvalue weighted by molar-refractivity contribution is -0.236. The molecule has 0 amide bonds. The first kappa shape index (κ1) is 19.0. The summed E-state index contributed by atoms with van der Waals surface area (Å²) in [5, 5.41) is 0. The van der Waals surface area contributed by atoms with Gasteiger partial charge in [-0.2, -0.15) is 8.78 Å². The maximum atomic E-state index is 12.4. The Morgan fingerprint density at radius 1 is 0.760 bits per heavy atom. The molecule has 0 spiro atoms. The van der Waals surface area contributed by atoms with Gasteiger partial charge in [-0.3, -0.25) is 0 Å². The van der Waals surface area contributed by atoms with Crippen LogP contribution in [0.3, 0.4) is 0 Å². The Morgan fingerprint density at radius 2 is 1.32 bits per heavy atom. The summed E-state index contributed by atoms with van der Waals surface area (Å²) in [7, 11) is 0. The van der Waals surface area contributed by atoms with E-state index in [-0.39, 0.29) is 12.2 Å². The molecule has 0 aromatic rings. The first-order chi connectivity index (χ1) is 12.2. The van der Waals surface area contributed by atoms with E-state index in [4.69, 9.17) is 9.47 Å². The van der Waals surface area contributed by atoms with Crippen molar-refractivity contribution in [3.05, 3.63) is 24.3 Å². The molecule has 1 saturated heterocycles. The molecule has 2 aliphatic carbocycles. The molecule has 2 saturated carbocycles. The van der Waals surface area contributed by atoms with Crippen molar-refractivity contribution in [1.29, 1.82) is 0 Å². The van der Waals surface area contributed by atoms with Gasteiger partial charge in [0.05, 0.1) is 13.2 Å². The molecule has 0 aromatic heterocycles. The standard InChI is InChI=1S/C21H32F2O2/c1-2-3-15-4-8-17(9-5-15)19-13-24-21(25-14-19)18-10-6-16(7-11-18)12-20(22)23/h2-3,12,15-19,21H,4-11,13-14H2,1H3. The summed E-state index contributed by atoms with van der Waals surface area (Å²) in [5.41, 5.74) is 0. The molecule has 0 aromatic carbocycles. The van der Waals surface area contributed by atoms with Crippen LogP contribution >= 0.6 is 0 Å². The van der Waals surface area contributed by atoms with Gasteiger partial charge in [0, 0.05) is 11.8 Å². The van der Waals surface area contributed by atoms with Crippen LogP contribution < -0.4 is 0 Å². The fraction of sp³-hybridized carbons (Fsp3) is 0.810. The highest BCUT2D eigenvalue weighted by Crippen LogP contribution is 2.39. The Labute approximate surface area is 150 Å². The Balaban J connectivity index is 1.39. The molecule has 142 valence electrons. The van der Waals surface area contributed by atoms with Gasteiger partial charge in [-0.05, 0) is 82.1 Å². The van der Waals surface area contributed by atoms with Crippen molar-refractivity contribution in [3.8, 4) is 0 Å². The van der Waals surface area contributed by atoms with Crippen molar-refractivity contribution in [3.63, 3.8) is 0 Å². The third-order valence-electron chi connectivity index (χ3n) is 6.46. The average Bonchev–Trinajstić information content (AvgIpc) is 2.63. The second kappa shape index (κ2) is 9.27. The van der Waals surface area contributed by atoms with Crippen molar-refractivity contribution in [2.24, 2.45) is 29.6 Å². The summed E-state index contributed by atoms with van der Waals surface area (Å²) < 4.78 is 36.9. The molecular weight excluding hydrogens is 322 g/mol. The Morgan fingerprint density at radius 3 is 1.88 bits per heavy atom. The fourth-order valence-corrected chi connectivity index (χ4v) is 4.92.